The Balaban J connectivity index is 1.65. The van der Waals surface area contributed by atoms with Gasteiger partial charge < -0.3 is 28.4 Å². The maximum Gasteiger partial charge on any atom is 0.333 e. The van der Waals surface area contributed by atoms with Crippen molar-refractivity contribution in [2.75, 3.05) is 19.8 Å². The Hall–Kier alpha value is -1.97. The summed E-state index contributed by atoms with van der Waals surface area (Å²) in [7, 11) is 0. The summed E-state index contributed by atoms with van der Waals surface area (Å²) < 4.78 is 36.9. The molecule has 10 atom stereocenters. The molecule has 9 nitrogen and oxygen atoms in total. The summed E-state index contributed by atoms with van der Waals surface area (Å²) in [4.78, 5) is 37.8. The van der Waals surface area contributed by atoms with Gasteiger partial charge in [-0.05, 0) is 51.9 Å². The molecule has 0 unspecified atom stereocenters. The van der Waals surface area contributed by atoms with E-state index in [4.69, 9.17) is 28.4 Å². The molecule has 5 rings (SSSR count). The monoisotopic (exact) mass is 534 g/mol. The van der Waals surface area contributed by atoms with E-state index < -0.39 is 40.6 Å². The second kappa shape index (κ2) is 9.89. The molecular weight excluding hydrogens is 492 g/mol. The van der Waals surface area contributed by atoms with Crippen molar-refractivity contribution in [2.45, 2.75) is 104 Å². The third kappa shape index (κ3) is 4.20. The van der Waals surface area contributed by atoms with Crippen LogP contribution in [0.1, 0.15) is 73.6 Å². The van der Waals surface area contributed by atoms with Gasteiger partial charge in [0.25, 0.3) is 0 Å². The fourth-order valence-electron chi connectivity index (χ4n) is 8.19. The van der Waals surface area contributed by atoms with Gasteiger partial charge in [0.1, 0.15) is 24.4 Å². The fraction of sp³-hybridized carbons (Fsp3) is 0.828. The van der Waals surface area contributed by atoms with Crippen LogP contribution >= 0.6 is 0 Å². The summed E-state index contributed by atoms with van der Waals surface area (Å²) in [6.45, 7) is 11.9. The number of allylic oxidation sites excluding steroid dienone is 1. The van der Waals surface area contributed by atoms with Gasteiger partial charge in [-0.15, -0.1) is 0 Å². The van der Waals surface area contributed by atoms with E-state index in [1.807, 2.05) is 6.92 Å². The van der Waals surface area contributed by atoms with Gasteiger partial charge in [0.15, 0.2) is 6.29 Å². The summed E-state index contributed by atoms with van der Waals surface area (Å²) in [5.74, 6) is -1.17. The van der Waals surface area contributed by atoms with E-state index in [2.05, 4.69) is 13.8 Å². The van der Waals surface area contributed by atoms with E-state index in [1.54, 1.807) is 13.0 Å². The van der Waals surface area contributed by atoms with Gasteiger partial charge in [-0.2, -0.15) is 0 Å². The van der Waals surface area contributed by atoms with Crippen LogP contribution in [0.25, 0.3) is 0 Å². The highest BCUT2D eigenvalue weighted by molar-refractivity contribution is 5.87. The zero-order valence-electron chi connectivity index (χ0n) is 23.4. The largest absolute Gasteiger partial charge is 0.465 e. The zero-order chi connectivity index (χ0) is 27.5. The number of hydrogen-bond donors (Lipinski definition) is 0. The number of hydrogen-bond acceptors (Lipinski definition) is 9. The number of rotatable bonds is 6. The SMILES string of the molecule is C/C=C(\C)C(=O)O[C@@H]1CC[C@]2(CO2)[C@]2(COC(C)=O)[C@@H](OC(C)=O)C[C@@H](C)[C@](C)([C@@H]3C[C@H]4CCO[C@H]4O3)[C@@H]12. The van der Waals surface area contributed by atoms with Gasteiger partial charge in [0.05, 0.1) is 24.7 Å². The third-order valence-electron chi connectivity index (χ3n) is 10.5. The van der Waals surface area contributed by atoms with Crippen molar-refractivity contribution in [1.29, 1.82) is 0 Å². The highest BCUT2D eigenvalue weighted by atomic mass is 16.7. The normalized spacial score (nSPS) is 45.7. The average Bonchev–Trinajstić information content (AvgIpc) is 3.31. The minimum Gasteiger partial charge on any atom is -0.465 e. The first-order valence-corrected chi connectivity index (χ1v) is 14.0. The Labute approximate surface area is 224 Å². The summed E-state index contributed by atoms with van der Waals surface area (Å²) in [6, 6.07) is 0. The Morgan fingerprint density at radius 3 is 2.39 bits per heavy atom. The molecule has 0 amide bonds. The Kier molecular flexibility index (Phi) is 7.18. The molecule has 3 heterocycles. The highest BCUT2D eigenvalue weighted by Gasteiger charge is 2.79. The molecule has 0 aromatic heterocycles. The molecule has 9 heteroatoms. The maximum absolute atomic E-state index is 13.2. The molecule has 5 aliphatic rings. The molecule has 1 spiro atoms. The predicted molar refractivity (Wildman–Crippen MR) is 135 cm³/mol. The van der Waals surface area contributed by atoms with Gasteiger partial charge >= 0.3 is 17.9 Å². The Bertz CT molecular complexity index is 990. The molecule has 0 N–H and O–H groups in total. The van der Waals surface area contributed by atoms with E-state index in [9.17, 15) is 14.4 Å². The number of fused-ring (bicyclic) bond motifs is 3. The van der Waals surface area contributed by atoms with Gasteiger partial charge in [0.2, 0.25) is 0 Å². The Morgan fingerprint density at radius 1 is 1.05 bits per heavy atom. The van der Waals surface area contributed by atoms with Crippen LogP contribution in [0.4, 0.5) is 0 Å². The van der Waals surface area contributed by atoms with E-state index in [0.29, 0.717) is 44.0 Å². The quantitative estimate of drug-likeness (QED) is 0.218. The van der Waals surface area contributed by atoms with Crippen molar-refractivity contribution < 1.29 is 42.8 Å². The van der Waals surface area contributed by atoms with Crippen molar-refractivity contribution >= 4 is 17.9 Å². The topological polar surface area (TPSA) is 110 Å². The van der Waals surface area contributed by atoms with E-state index in [0.717, 1.165) is 12.8 Å². The molecule has 3 saturated heterocycles. The third-order valence-corrected chi connectivity index (χ3v) is 10.5. The molecule has 0 aromatic carbocycles. The van der Waals surface area contributed by atoms with Gasteiger partial charge in [-0.1, -0.05) is 19.9 Å². The lowest BCUT2D eigenvalue weighted by Crippen LogP contribution is -2.72. The molecule has 212 valence electrons. The molecule has 0 radical (unpaired) electrons. The van der Waals surface area contributed by atoms with Gasteiger partial charge in [-0.25, -0.2) is 4.79 Å². The van der Waals surface area contributed by atoms with Crippen molar-refractivity contribution in [3.05, 3.63) is 11.6 Å². The molecule has 3 aliphatic heterocycles. The van der Waals surface area contributed by atoms with Crippen LogP contribution in [-0.2, 0) is 42.8 Å². The number of carbonyl (C=O) groups is 3. The predicted octanol–water partition coefficient (Wildman–Crippen LogP) is 3.72. The van der Waals surface area contributed by atoms with E-state index in [1.165, 1.54) is 13.8 Å². The summed E-state index contributed by atoms with van der Waals surface area (Å²) in [5.41, 5.74) is -1.52. The number of esters is 3. The van der Waals surface area contributed by atoms with Gasteiger partial charge in [-0.3, -0.25) is 9.59 Å². The summed E-state index contributed by atoms with van der Waals surface area (Å²) in [6.07, 6.45) is 3.83. The lowest BCUT2D eigenvalue weighted by molar-refractivity contribution is -0.278. The highest BCUT2D eigenvalue weighted by Crippen LogP contribution is 2.70. The number of epoxide rings is 1. The van der Waals surface area contributed by atoms with Crippen LogP contribution in [0.15, 0.2) is 11.6 Å². The van der Waals surface area contributed by atoms with Crippen LogP contribution in [0.5, 0.6) is 0 Å². The lowest BCUT2D eigenvalue weighted by atomic mass is 9.41. The lowest BCUT2D eigenvalue weighted by Gasteiger charge is -2.65. The molecule has 2 saturated carbocycles. The van der Waals surface area contributed by atoms with Crippen LogP contribution in [0, 0.1) is 28.6 Å². The van der Waals surface area contributed by atoms with Crippen molar-refractivity contribution in [3.8, 4) is 0 Å². The summed E-state index contributed by atoms with van der Waals surface area (Å²) in [5, 5.41) is 0. The first-order valence-electron chi connectivity index (χ1n) is 14.0. The Morgan fingerprint density at radius 2 is 1.79 bits per heavy atom. The minimum absolute atomic E-state index is 0.0139. The first-order chi connectivity index (χ1) is 18.0. The van der Waals surface area contributed by atoms with E-state index in [-0.39, 0.29) is 36.8 Å². The number of carbonyl (C=O) groups excluding carboxylic acids is 3. The van der Waals surface area contributed by atoms with Crippen LogP contribution < -0.4 is 0 Å². The van der Waals surface area contributed by atoms with Crippen molar-refractivity contribution in [2.24, 2.45) is 28.6 Å². The minimum atomic E-state index is -0.902. The van der Waals surface area contributed by atoms with Crippen molar-refractivity contribution in [1.82, 2.24) is 0 Å². The fourth-order valence-corrected chi connectivity index (χ4v) is 8.19. The van der Waals surface area contributed by atoms with Crippen LogP contribution in [0.3, 0.4) is 0 Å². The smallest absolute Gasteiger partial charge is 0.333 e. The first kappa shape index (κ1) is 27.6. The van der Waals surface area contributed by atoms with Crippen molar-refractivity contribution in [3.63, 3.8) is 0 Å². The van der Waals surface area contributed by atoms with E-state index >= 15 is 0 Å². The second-order valence-electron chi connectivity index (χ2n) is 12.3. The van der Waals surface area contributed by atoms with Gasteiger partial charge in [0, 0.05) is 36.7 Å². The second-order valence-corrected chi connectivity index (χ2v) is 12.3. The summed E-state index contributed by atoms with van der Waals surface area (Å²) >= 11 is 0. The van der Waals surface area contributed by atoms with Crippen LogP contribution in [0.2, 0.25) is 0 Å². The molecular formula is C29H42O9. The molecule has 2 aliphatic carbocycles. The van der Waals surface area contributed by atoms with Crippen LogP contribution in [-0.4, -0.2) is 67.9 Å². The average molecular weight is 535 g/mol. The maximum atomic E-state index is 13.2. The zero-order valence-corrected chi connectivity index (χ0v) is 23.4. The standard InChI is InChI=1S/C29H42O9/c1-7-16(2)25(32)37-21-8-10-28(14-35-28)29(15-34-18(4)30)23(36-19(5)31)12-17(3)27(6,24(21)29)22-13-20-9-11-33-26(20)38-22/h7,17,20-24,26H,8-15H2,1-6H3/b16-7+/t17-,20-,21-,22+,23+,24-,26+,27-,28+,29-/m1/s1. The molecule has 0 aromatic rings. The molecule has 5 fully saturated rings. The molecule has 38 heavy (non-hydrogen) atoms. The molecule has 0 bridgehead atoms. The number of ether oxygens (including phenoxy) is 6.